The molecule has 5 aromatic rings. The summed E-state index contributed by atoms with van der Waals surface area (Å²) in [7, 11) is -8.02. The fourth-order valence-electron chi connectivity index (χ4n) is 6.71. The Morgan fingerprint density at radius 1 is 0.691 bits per heavy atom. The van der Waals surface area contributed by atoms with Crippen molar-refractivity contribution in [2.45, 2.75) is 50.8 Å². The lowest BCUT2D eigenvalue weighted by atomic mass is 9.79. The molecule has 0 aliphatic carbocycles. The predicted octanol–water partition coefficient (Wildman–Crippen LogP) is 6.82. The summed E-state index contributed by atoms with van der Waals surface area (Å²) >= 11 is 0. The van der Waals surface area contributed by atoms with Crippen LogP contribution in [0.25, 0.3) is 45.4 Å². The smallest absolute Gasteiger partial charge is 0.485 e. The Balaban J connectivity index is 0.000000306. The molecule has 0 unspecified atom stereocenters. The van der Waals surface area contributed by atoms with E-state index in [1.165, 1.54) is 72.5 Å². The minimum atomic E-state index is -6.09. The zero-order valence-corrected chi connectivity index (χ0v) is 31.5. The van der Waals surface area contributed by atoms with Crippen molar-refractivity contribution in [3.8, 4) is 22.5 Å². The van der Waals surface area contributed by atoms with Crippen molar-refractivity contribution >= 4 is 48.8 Å². The van der Waals surface area contributed by atoms with Crippen molar-refractivity contribution < 1.29 is 61.4 Å². The van der Waals surface area contributed by atoms with Gasteiger partial charge in [-0.05, 0) is 77.4 Å². The summed E-state index contributed by atoms with van der Waals surface area (Å²) in [4.78, 5) is 2.14. The molecular formula is C38H35F6N3O6S2. The molecule has 2 aliphatic rings. The number of benzene rings is 3. The zero-order valence-electron chi connectivity index (χ0n) is 29.9. The first-order valence-electron chi connectivity index (χ1n) is 16.6. The summed E-state index contributed by atoms with van der Waals surface area (Å²) < 4.78 is 123. The van der Waals surface area contributed by atoms with Crippen molar-refractivity contribution in [3.05, 3.63) is 113 Å². The van der Waals surface area contributed by atoms with Gasteiger partial charge in [0.15, 0.2) is 39.5 Å². The number of anilines is 1. The van der Waals surface area contributed by atoms with Gasteiger partial charge in [0.25, 0.3) is 0 Å². The van der Waals surface area contributed by atoms with Crippen molar-refractivity contribution in [3.63, 3.8) is 0 Å². The highest BCUT2D eigenvalue weighted by molar-refractivity contribution is 7.86. The highest BCUT2D eigenvalue weighted by Crippen LogP contribution is 2.44. The summed E-state index contributed by atoms with van der Waals surface area (Å²) in [5, 5.41) is 2.66. The lowest BCUT2D eigenvalue weighted by Crippen LogP contribution is -2.45. The van der Waals surface area contributed by atoms with Crippen LogP contribution < -0.4 is 14.0 Å². The van der Waals surface area contributed by atoms with E-state index in [2.05, 4.69) is 133 Å². The van der Waals surface area contributed by atoms with Gasteiger partial charge in [0.05, 0.1) is 16.5 Å². The van der Waals surface area contributed by atoms with E-state index in [0.29, 0.717) is 0 Å². The number of hydrogen-bond acceptors (Lipinski definition) is 7. The molecule has 0 bridgehead atoms. The van der Waals surface area contributed by atoms with Gasteiger partial charge < -0.3 is 14.0 Å². The van der Waals surface area contributed by atoms with Crippen LogP contribution in [-0.2, 0) is 46.2 Å². The Labute approximate surface area is 314 Å². The second-order valence-corrected chi connectivity index (χ2v) is 15.8. The molecule has 292 valence electrons. The van der Waals surface area contributed by atoms with Crippen LogP contribution in [0.3, 0.4) is 0 Å². The Morgan fingerprint density at radius 3 is 1.80 bits per heavy atom. The summed E-state index contributed by atoms with van der Waals surface area (Å²) in [6.45, 7) is 6.72. The Bertz CT molecular complexity index is 2480. The molecule has 0 saturated carbocycles. The number of rotatable bonds is 3. The summed E-state index contributed by atoms with van der Waals surface area (Å²) in [6.07, 6.45) is 8.95. The zero-order chi connectivity index (χ0) is 40.7. The number of halogens is 6. The van der Waals surface area contributed by atoms with Gasteiger partial charge in [0.2, 0.25) is 17.1 Å². The SMILES string of the molecule is Cc1c(C)c2c(c3c1CC[n+]1ccc4ccccc4c1-3)-c1cccc(/C=C/c3ccc(N(C)C)cc3)[n+]1CC2.O=S(=O)([O-])C(F)(F)F.O=S(=O)([O-])C(F)(F)F. The van der Waals surface area contributed by atoms with Gasteiger partial charge >= 0.3 is 11.0 Å². The van der Waals surface area contributed by atoms with Crippen molar-refractivity contribution in [1.29, 1.82) is 0 Å². The van der Waals surface area contributed by atoms with E-state index in [4.69, 9.17) is 25.9 Å². The first kappa shape index (κ1) is 41.3. The van der Waals surface area contributed by atoms with Crippen LogP contribution in [-0.4, -0.2) is 51.1 Å². The number of aryl methyl sites for hydroxylation is 1. The summed E-state index contributed by atoms with van der Waals surface area (Å²) in [5.74, 6) is 0. The Morgan fingerprint density at radius 2 is 1.24 bits per heavy atom. The number of hydrogen-bond donors (Lipinski definition) is 0. The second kappa shape index (κ2) is 15.4. The van der Waals surface area contributed by atoms with E-state index in [1.54, 1.807) is 0 Å². The van der Waals surface area contributed by atoms with E-state index in [0.717, 1.165) is 25.9 Å². The summed E-state index contributed by atoms with van der Waals surface area (Å²) in [6, 6.07) is 26.7. The average molecular weight is 808 g/mol. The monoisotopic (exact) mass is 807 g/mol. The third kappa shape index (κ3) is 8.69. The average Bonchev–Trinajstić information content (AvgIpc) is 3.11. The largest absolute Gasteiger partial charge is 0.741 e. The lowest BCUT2D eigenvalue weighted by Gasteiger charge is -2.27. The molecule has 17 heteroatoms. The van der Waals surface area contributed by atoms with E-state index < -0.39 is 31.3 Å². The molecule has 2 aliphatic heterocycles. The normalized spacial score (nSPS) is 13.7. The summed E-state index contributed by atoms with van der Waals surface area (Å²) in [5.41, 5.74) is 4.01. The first-order valence-corrected chi connectivity index (χ1v) is 19.4. The molecule has 0 amide bonds. The second-order valence-electron chi connectivity index (χ2n) is 13.0. The van der Waals surface area contributed by atoms with E-state index >= 15 is 0 Å². The van der Waals surface area contributed by atoms with E-state index in [1.807, 2.05) is 0 Å². The lowest BCUT2D eigenvalue weighted by molar-refractivity contribution is -0.690. The van der Waals surface area contributed by atoms with Crippen LogP contribution in [0.5, 0.6) is 0 Å². The minimum absolute atomic E-state index is 0.997. The van der Waals surface area contributed by atoms with Gasteiger partial charge in [-0.3, -0.25) is 0 Å². The topological polar surface area (TPSA) is 125 Å². The molecule has 0 N–H and O–H groups in total. The number of alkyl halides is 6. The molecule has 3 aromatic carbocycles. The predicted molar refractivity (Wildman–Crippen MR) is 193 cm³/mol. The van der Waals surface area contributed by atoms with Gasteiger partial charge in [-0.1, -0.05) is 30.3 Å². The maximum Gasteiger partial charge on any atom is 0.485 e. The Kier molecular flexibility index (Phi) is 11.5. The maximum absolute atomic E-state index is 10.7. The van der Waals surface area contributed by atoms with Crippen molar-refractivity contribution in [2.75, 3.05) is 19.0 Å². The van der Waals surface area contributed by atoms with Crippen molar-refractivity contribution in [2.24, 2.45) is 0 Å². The molecular weight excluding hydrogens is 773 g/mol. The van der Waals surface area contributed by atoms with E-state index in [9.17, 15) is 26.3 Å². The van der Waals surface area contributed by atoms with Gasteiger partial charge in [0, 0.05) is 56.9 Å². The molecule has 2 aromatic heterocycles. The molecule has 7 rings (SSSR count). The third-order valence-corrected chi connectivity index (χ3v) is 10.6. The van der Waals surface area contributed by atoms with Crippen LogP contribution in [0, 0.1) is 13.8 Å². The molecule has 0 saturated heterocycles. The molecule has 0 atom stereocenters. The quantitative estimate of drug-likeness (QED) is 0.0849. The van der Waals surface area contributed by atoms with Gasteiger partial charge in [-0.25, -0.2) is 16.8 Å². The molecule has 0 radical (unpaired) electrons. The van der Waals surface area contributed by atoms with Crippen LogP contribution in [0.4, 0.5) is 32.0 Å². The van der Waals surface area contributed by atoms with Crippen LogP contribution in [0.1, 0.15) is 33.5 Å². The van der Waals surface area contributed by atoms with E-state index in [-0.39, 0.29) is 0 Å². The van der Waals surface area contributed by atoms with Crippen molar-refractivity contribution in [1.82, 2.24) is 0 Å². The number of pyridine rings is 2. The molecule has 4 heterocycles. The molecule has 0 spiro atoms. The molecule has 0 fully saturated rings. The number of nitrogens with zero attached hydrogens (tertiary/aromatic N) is 3. The van der Waals surface area contributed by atoms with Crippen LogP contribution in [0.15, 0.2) is 79.0 Å². The fourth-order valence-corrected chi connectivity index (χ4v) is 6.71. The van der Waals surface area contributed by atoms with Gasteiger partial charge in [-0.2, -0.15) is 35.5 Å². The molecule has 55 heavy (non-hydrogen) atoms. The minimum Gasteiger partial charge on any atom is -0.741 e. The highest BCUT2D eigenvalue weighted by Gasteiger charge is 2.39. The Hall–Kier alpha value is -4.84. The number of aromatic nitrogens is 2. The highest BCUT2D eigenvalue weighted by atomic mass is 32.2. The van der Waals surface area contributed by atoms with Gasteiger partial charge in [0.1, 0.15) is 0 Å². The van der Waals surface area contributed by atoms with Crippen LogP contribution >= 0.6 is 0 Å². The number of fused-ring (bicyclic) bond motifs is 9. The fraction of sp³-hybridized carbons (Fsp3) is 0.263. The van der Waals surface area contributed by atoms with Gasteiger partial charge in [-0.15, -0.1) is 0 Å². The standard InChI is InChI=1S/C36H35N3.2CHF3O3S/c1-24-25(2)31-19-22-38-21-18-27-8-5-6-10-32(27)36(38)35(31)34-30(24)20-23-39-29(9-7-11-33(34)39)17-14-26-12-15-28(16-13-26)37(3)4;2*2-1(3,4)8(5,6)7/h5-18,21H,19-20,22-23H2,1-4H3;2*(H,5,6,7)/q+2;;/p-2. The third-order valence-electron chi connectivity index (χ3n) is 9.49. The first-order chi connectivity index (χ1) is 25.5. The molecule has 9 nitrogen and oxygen atoms in total. The van der Waals surface area contributed by atoms with Crippen LogP contribution in [0.2, 0.25) is 0 Å². The maximum atomic E-state index is 10.7.